The van der Waals surface area contributed by atoms with Crippen molar-refractivity contribution < 1.29 is 51.8 Å². The smallest absolute Gasteiger partial charge is 0.485 e. The van der Waals surface area contributed by atoms with Gasteiger partial charge in [0, 0.05) is 6.42 Å². The predicted octanol–water partition coefficient (Wildman–Crippen LogP) is 8.24. The number of carbonyl (C=O) groups is 3. The second-order valence-corrected chi connectivity index (χ2v) is 15.5. The number of hydrogen-bond acceptors (Lipinski definition) is 11. The molecular weight excluding hydrogens is 812 g/mol. The topological polar surface area (TPSA) is 168 Å². The van der Waals surface area contributed by atoms with E-state index < -0.39 is 44.5 Å². The second kappa shape index (κ2) is 23.3. The highest BCUT2D eigenvalue weighted by Crippen LogP contribution is 2.53. The van der Waals surface area contributed by atoms with E-state index in [0.717, 1.165) is 22.3 Å². The van der Waals surface area contributed by atoms with Crippen LogP contribution in [0.1, 0.15) is 33.4 Å². The van der Waals surface area contributed by atoms with Crippen molar-refractivity contribution in [3.05, 3.63) is 203 Å². The van der Waals surface area contributed by atoms with Crippen molar-refractivity contribution in [2.45, 2.75) is 51.5 Å². The molecule has 14 heteroatoms. The van der Waals surface area contributed by atoms with E-state index in [4.69, 9.17) is 27.8 Å². The fraction of sp³-hybridized carbons (Fsp3) is 0.188. The summed E-state index contributed by atoms with van der Waals surface area (Å²) in [5.41, 5.74) is 4.19. The molecule has 0 unspecified atom stereocenters. The number of nitrogens with one attached hydrogen (secondary N) is 2. The van der Waals surface area contributed by atoms with Crippen molar-refractivity contribution in [2.75, 3.05) is 6.61 Å². The Morgan fingerprint density at radius 1 is 0.500 bits per heavy atom. The average molecular weight is 859 g/mol. The van der Waals surface area contributed by atoms with Crippen LogP contribution in [0.3, 0.4) is 0 Å². The molecule has 0 bridgehead atoms. The number of alkyl carbamates (subject to hydrolysis) is 1. The number of aliphatic hydroxyl groups excluding tert-OH is 1. The number of aliphatic hydroxyl groups is 1. The lowest BCUT2D eigenvalue weighted by Gasteiger charge is -2.23. The van der Waals surface area contributed by atoms with Gasteiger partial charge in [0.2, 0.25) is 5.91 Å². The fourth-order valence-corrected chi connectivity index (χ4v) is 7.09. The molecule has 320 valence electrons. The van der Waals surface area contributed by atoms with Crippen LogP contribution in [-0.2, 0) is 72.1 Å². The molecule has 6 aromatic rings. The van der Waals surface area contributed by atoms with Crippen molar-refractivity contribution in [1.82, 2.24) is 10.6 Å². The van der Waals surface area contributed by atoms with Gasteiger partial charge >= 0.3 is 19.9 Å². The number of hydrogen-bond donors (Lipinski definition) is 3. The Labute approximate surface area is 360 Å². The van der Waals surface area contributed by atoms with Crippen LogP contribution in [0.5, 0.6) is 11.5 Å². The van der Waals surface area contributed by atoms with E-state index >= 15 is 0 Å². The van der Waals surface area contributed by atoms with Crippen molar-refractivity contribution in [3.63, 3.8) is 0 Å². The molecular formula is C48H47N2O11P. The number of amides is 2. The zero-order chi connectivity index (χ0) is 43.4. The van der Waals surface area contributed by atoms with E-state index in [1.165, 1.54) is 6.07 Å². The quantitative estimate of drug-likeness (QED) is 0.0444. The maximum absolute atomic E-state index is 14.4. The molecule has 0 aliphatic rings. The third kappa shape index (κ3) is 14.5. The molecule has 0 fully saturated rings. The van der Waals surface area contributed by atoms with E-state index in [1.807, 2.05) is 103 Å². The van der Waals surface area contributed by atoms with Gasteiger partial charge in [0.15, 0.2) is 17.5 Å². The van der Waals surface area contributed by atoms with E-state index in [9.17, 15) is 24.1 Å². The first kappa shape index (κ1) is 44.8. The molecule has 0 aliphatic carbocycles. The molecule has 0 heterocycles. The molecule has 3 N–H and O–H groups in total. The number of rotatable bonds is 22. The summed E-state index contributed by atoms with van der Waals surface area (Å²) in [5.74, 6) is -1.53. The fourth-order valence-electron chi connectivity index (χ4n) is 5.90. The van der Waals surface area contributed by atoms with Crippen molar-refractivity contribution in [2.24, 2.45) is 0 Å². The van der Waals surface area contributed by atoms with Gasteiger partial charge in [0.05, 0.1) is 19.8 Å². The predicted molar refractivity (Wildman–Crippen MR) is 230 cm³/mol. The molecule has 0 aromatic heterocycles. The molecule has 62 heavy (non-hydrogen) atoms. The minimum Gasteiger partial charge on any atom is -0.485 e. The van der Waals surface area contributed by atoms with Gasteiger partial charge in [-0.3, -0.25) is 13.8 Å². The van der Waals surface area contributed by atoms with Crippen molar-refractivity contribution in [3.8, 4) is 11.5 Å². The van der Waals surface area contributed by atoms with Crippen LogP contribution in [-0.4, -0.2) is 41.8 Å². The molecule has 0 radical (unpaired) electrons. The summed E-state index contributed by atoms with van der Waals surface area (Å²) in [6, 6.07) is 47.4. The summed E-state index contributed by atoms with van der Waals surface area (Å²) in [5, 5.41) is 15.2. The lowest BCUT2D eigenvalue weighted by Crippen LogP contribution is -2.53. The van der Waals surface area contributed by atoms with Gasteiger partial charge in [0.1, 0.15) is 25.9 Å². The molecule has 13 nitrogen and oxygen atoms in total. The number of phosphoric ester groups is 1. The molecule has 0 saturated carbocycles. The van der Waals surface area contributed by atoms with Crippen molar-refractivity contribution >= 4 is 25.8 Å². The highest BCUT2D eigenvalue weighted by Gasteiger charge is 2.32. The maximum Gasteiger partial charge on any atom is 0.530 e. The first-order chi connectivity index (χ1) is 30.2. The van der Waals surface area contributed by atoms with Gasteiger partial charge in [-0.15, -0.1) is 0 Å². The Morgan fingerprint density at radius 3 is 1.44 bits per heavy atom. The van der Waals surface area contributed by atoms with Crippen LogP contribution in [0.4, 0.5) is 4.79 Å². The lowest BCUT2D eigenvalue weighted by molar-refractivity contribution is -0.150. The lowest BCUT2D eigenvalue weighted by atomic mass is 10.0. The molecule has 2 atom stereocenters. The number of carbonyl (C=O) groups excluding carboxylic acids is 3. The SMILES string of the molecule is O=C(N[C@@H](Cc1ccc(OP(=O)(OCc2ccccc2)OCc2ccccc2)c(OCc2ccccc2)c1)C(=O)N[C@@H](CO)C(=O)OCc1ccccc1)OCc1ccccc1. The zero-order valence-corrected chi connectivity index (χ0v) is 34.6. The Balaban J connectivity index is 1.25. The van der Waals surface area contributed by atoms with Crippen LogP contribution in [0.15, 0.2) is 170 Å². The summed E-state index contributed by atoms with van der Waals surface area (Å²) < 4.78 is 49.3. The number of ether oxygens (including phenoxy) is 3. The summed E-state index contributed by atoms with van der Waals surface area (Å²) in [6.07, 6.45) is -1.06. The molecule has 0 aliphatic heterocycles. The maximum atomic E-state index is 14.4. The number of phosphoric acid groups is 1. The second-order valence-electron chi connectivity index (χ2n) is 13.9. The van der Waals surface area contributed by atoms with Crippen LogP contribution in [0.25, 0.3) is 0 Å². The zero-order valence-electron chi connectivity index (χ0n) is 33.7. The van der Waals surface area contributed by atoms with Crippen LogP contribution >= 0.6 is 7.82 Å². The number of benzene rings is 6. The van der Waals surface area contributed by atoms with E-state index in [0.29, 0.717) is 11.1 Å². The Bertz CT molecular complexity index is 2310. The van der Waals surface area contributed by atoms with Crippen LogP contribution in [0.2, 0.25) is 0 Å². The van der Waals surface area contributed by atoms with Gasteiger partial charge in [-0.1, -0.05) is 158 Å². The third-order valence-corrected chi connectivity index (χ3v) is 10.5. The third-order valence-electron chi connectivity index (χ3n) is 9.19. The summed E-state index contributed by atoms with van der Waals surface area (Å²) in [7, 11) is -4.34. The van der Waals surface area contributed by atoms with Gasteiger partial charge in [-0.25, -0.2) is 14.2 Å². The molecule has 6 rings (SSSR count). The Hall–Kier alpha value is -6.76. The Morgan fingerprint density at radius 2 is 0.952 bits per heavy atom. The first-order valence-corrected chi connectivity index (χ1v) is 21.3. The standard InChI is InChI=1S/C48H47N2O11P/c51-30-43(47(53)57-32-37-18-8-2-9-19-37)49-46(52)42(50-48(54)58-33-38-20-10-3-11-21-38)28-41-26-27-44(45(29-41)56-31-36-16-6-1-7-17-36)61-62(55,59-34-39-22-12-4-13-23-39)60-35-40-24-14-5-15-25-40/h1-27,29,42-43,51H,28,30-35H2,(H,49,52)(H,50,54)/t42-,43-/m0/s1. The van der Waals surface area contributed by atoms with E-state index in [-0.39, 0.29) is 51.0 Å². The van der Waals surface area contributed by atoms with E-state index in [1.54, 1.807) is 60.7 Å². The highest BCUT2D eigenvalue weighted by molar-refractivity contribution is 7.48. The largest absolute Gasteiger partial charge is 0.530 e. The minimum atomic E-state index is -4.34. The average Bonchev–Trinajstić information content (AvgIpc) is 3.32. The summed E-state index contributed by atoms with van der Waals surface area (Å²) in [4.78, 5) is 40.1. The van der Waals surface area contributed by atoms with Gasteiger partial charge < -0.3 is 34.5 Å². The van der Waals surface area contributed by atoms with E-state index in [2.05, 4.69) is 10.6 Å². The molecule has 2 amide bonds. The molecule has 0 saturated heterocycles. The van der Waals surface area contributed by atoms with Gasteiger partial charge in [-0.2, -0.15) is 0 Å². The van der Waals surface area contributed by atoms with Crippen LogP contribution < -0.4 is 19.9 Å². The summed E-state index contributed by atoms with van der Waals surface area (Å²) >= 11 is 0. The highest BCUT2D eigenvalue weighted by atomic mass is 31.2. The van der Waals surface area contributed by atoms with Crippen molar-refractivity contribution in [1.29, 1.82) is 0 Å². The first-order valence-electron chi connectivity index (χ1n) is 19.8. The normalized spacial score (nSPS) is 12.0. The van der Waals surface area contributed by atoms with Gasteiger partial charge in [0.25, 0.3) is 0 Å². The monoisotopic (exact) mass is 858 g/mol. The van der Waals surface area contributed by atoms with Crippen LogP contribution in [0, 0.1) is 0 Å². The summed E-state index contributed by atoms with van der Waals surface area (Å²) in [6.45, 7) is -1.01. The molecule has 0 spiro atoms. The minimum absolute atomic E-state index is 0.0203. The number of esters is 1. The van der Waals surface area contributed by atoms with Gasteiger partial charge in [-0.05, 0) is 45.5 Å². The molecule has 6 aromatic carbocycles. The Kier molecular flexibility index (Phi) is 16.8.